The minimum Gasteiger partial charge on any atom is -0.366 e. The number of rotatable bonds is 5. The molecule has 25 heavy (non-hydrogen) atoms. The molecule has 0 radical (unpaired) electrons. The van der Waals surface area contributed by atoms with E-state index >= 15 is 0 Å². The standard InChI is InChI=1S/C19H21ClN2O2.ClH/c20-16-8-6-14(7-9-16)12-17(15-4-2-1-3-5-15)22-19(23)18-13-21-10-11-24-18;/h1-9,17-18,21H,10-13H2,(H,22,23);1H. The Hall–Kier alpha value is -1.59. The number of halogens is 2. The Labute approximate surface area is 159 Å². The van der Waals surface area contributed by atoms with Crippen molar-refractivity contribution in [2.45, 2.75) is 18.6 Å². The molecule has 2 aromatic carbocycles. The van der Waals surface area contributed by atoms with Crippen molar-refractivity contribution in [2.75, 3.05) is 19.7 Å². The summed E-state index contributed by atoms with van der Waals surface area (Å²) in [6, 6.07) is 17.6. The maximum atomic E-state index is 12.5. The van der Waals surface area contributed by atoms with Crippen molar-refractivity contribution < 1.29 is 9.53 Å². The Morgan fingerprint density at radius 2 is 1.92 bits per heavy atom. The lowest BCUT2D eigenvalue weighted by Gasteiger charge is -2.26. The highest BCUT2D eigenvalue weighted by Crippen LogP contribution is 2.20. The molecule has 0 saturated carbocycles. The number of hydrogen-bond acceptors (Lipinski definition) is 3. The third kappa shape index (κ3) is 5.72. The zero-order chi connectivity index (χ0) is 16.8. The van der Waals surface area contributed by atoms with Crippen LogP contribution in [-0.4, -0.2) is 31.7 Å². The summed E-state index contributed by atoms with van der Waals surface area (Å²) in [5.41, 5.74) is 2.20. The zero-order valence-electron chi connectivity index (χ0n) is 13.8. The molecular weight excluding hydrogens is 359 g/mol. The average Bonchev–Trinajstić information content (AvgIpc) is 2.64. The van der Waals surface area contributed by atoms with Gasteiger partial charge in [-0.3, -0.25) is 4.79 Å². The minimum absolute atomic E-state index is 0. The Kier molecular flexibility index (Phi) is 7.72. The molecule has 0 aliphatic carbocycles. The van der Waals surface area contributed by atoms with Gasteiger partial charge < -0.3 is 15.4 Å². The topological polar surface area (TPSA) is 50.4 Å². The van der Waals surface area contributed by atoms with Gasteiger partial charge in [-0.15, -0.1) is 12.4 Å². The summed E-state index contributed by atoms with van der Waals surface area (Å²) in [7, 11) is 0. The van der Waals surface area contributed by atoms with Crippen LogP contribution in [0.5, 0.6) is 0 Å². The largest absolute Gasteiger partial charge is 0.366 e. The summed E-state index contributed by atoms with van der Waals surface area (Å²) in [5, 5.41) is 7.02. The number of benzene rings is 2. The van der Waals surface area contributed by atoms with Gasteiger partial charge in [0.15, 0.2) is 0 Å². The van der Waals surface area contributed by atoms with E-state index in [1.54, 1.807) is 0 Å². The Bertz CT molecular complexity index is 659. The molecule has 1 aliphatic rings. The van der Waals surface area contributed by atoms with Crippen molar-refractivity contribution in [3.05, 3.63) is 70.7 Å². The van der Waals surface area contributed by atoms with Gasteiger partial charge in [-0.05, 0) is 29.7 Å². The van der Waals surface area contributed by atoms with E-state index in [4.69, 9.17) is 16.3 Å². The molecule has 0 bridgehead atoms. The van der Waals surface area contributed by atoms with E-state index in [9.17, 15) is 4.79 Å². The van der Waals surface area contributed by atoms with Crippen molar-refractivity contribution in [3.8, 4) is 0 Å². The van der Waals surface area contributed by atoms with E-state index in [0.29, 0.717) is 24.6 Å². The van der Waals surface area contributed by atoms with Crippen molar-refractivity contribution in [3.63, 3.8) is 0 Å². The molecule has 2 aromatic rings. The van der Waals surface area contributed by atoms with Crippen LogP contribution in [0, 0.1) is 0 Å². The first-order chi connectivity index (χ1) is 11.7. The van der Waals surface area contributed by atoms with Gasteiger partial charge >= 0.3 is 0 Å². The molecule has 1 amide bonds. The summed E-state index contributed by atoms with van der Waals surface area (Å²) < 4.78 is 5.55. The van der Waals surface area contributed by atoms with Crippen LogP contribution in [0.3, 0.4) is 0 Å². The van der Waals surface area contributed by atoms with Crippen LogP contribution in [0.2, 0.25) is 5.02 Å². The molecule has 0 spiro atoms. The third-order valence-electron chi connectivity index (χ3n) is 4.09. The monoisotopic (exact) mass is 380 g/mol. The summed E-state index contributed by atoms with van der Waals surface area (Å²) in [4.78, 5) is 12.5. The number of amides is 1. The predicted octanol–water partition coefficient (Wildman–Crippen LogP) is 3.15. The number of ether oxygens (including phenoxy) is 1. The molecule has 2 atom stereocenters. The lowest BCUT2D eigenvalue weighted by Crippen LogP contribution is -2.48. The van der Waals surface area contributed by atoms with Crippen LogP contribution >= 0.6 is 24.0 Å². The smallest absolute Gasteiger partial charge is 0.250 e. The maximum Gasteiger partial charge on any atom is 0.250 e. The fourth-order valence-corrected chi connectivity index (χ4v) is 2.92. The summed E-state index contributed by atoms with van der Waals surface area (Å²) in [6.07, 6.45) is 0.266. The SMILES string of the molecule is Cl.O=C(NC(Cc1ccc(Cl)cc1)c1ccccc1)C1CNCCO1. The fraction of sp³-hybridized carbons (Fsp3) is 0.316. The molecular formula is C19H22Cl2N2O2. The lowest BCUT2D eigenvalue weighted by molar-refractivity contribution is -0.135. The molecule has 1 aliphatic heterocycles. The highest BCUT2D eigenvalue weighted by atomic mass is 35.5. The third-order valence-corrected chi connectivity index (χ3v) is 4.34. The van der Waals surface area contributed by atoms with E-state index in [2.05, 4.69) is 10.6 Å². The highest BCUT2D eigenvalue weighted by Gasteiger charge is 2.24. The Morgan fingerprint density at radius 1 is 1.20 bits per heavy atom. The normalized spacial score (nSPS) is 18.0. The number of carbonyl (C=O) groups is 1. The van der Waals surface area contributed by atoms with Crippen LogP contribution in [0.4, 0.5) is 0 Å². The van der Waals surface area contributed by atoms with Gasteiger partial charge in [-0.1, -0.05) is 54.1 Å². The average molecular weight is 381 g/mol. The first kappa shape index (κ1) is 19.7. The van der Waals surface area contributed by atoms with Crippen molar-refractivity contribution in [1.29, 1.82) is 0 Å². The number of morpholine rings is 1. The zero-order valence-corrected chi connectivity index (χ0v) is 15.4. The van der Waals surface area contributed by atoms with Crippen LogP contribution in [-0.2, 0) is 16.0 Å². The molecule has 1 saturated heterocycles. The van der Waals surface area contributed by atoms with Gasteiger partial charge in [0.1, 0.15) is 6.10 Å². The van der Waals surface area contributed by atoms with E-state index in [0.717, 1.165) is 17.7 Å². The second-order valence-corrected chi connectivity index (χ2v) is 6.30. The Balaban J connectivity index is 0.00000225. The van der Waals surface area contributed by atoms with Crippen molar-refractivity contribution in [1.82, 2.24) is 10.6 Å². The van der Waals surface area contributed by atoms with E-state index in [-0.39, 0.29) is 24.4 Å². The second-order valence-electron chi connectivity index (χ2n) is 5.87. The molecule has 4 nitrogen and oxygen atoms in total. The Morgan fingerprint density at radius 3 is 2.56 bits per heavy atom. The van der Waals surface area contributed by atoms with Gasteiger partial charge in [-0.2, -0.15) is 0 Å². The van der Waals surface area contributed by atoms with Gasteiger partial charge in [0.05, 0.1) is 12.6 Å². The summed E-state index contributed by atoms with van der Waals surface area (Å²) >= 11 is 5.96. The van der Waals surface area contributed by atoms with Crippen molar-refractivity contribution >= 4 is 29.9 Å². The fourth-order valence-electron chi connectivity index (χ4n) is 2.79. The lowest BCUT2D eigenvalue weighted by atomic mass is 9.98. The molecule has 2 N–H and O–H groups in total. The molecule has 6 heteroatoms. The van der Waals surface area contributed by atoms with Crippen LogP contribution < -0.4 is 10.6 Å². The number of carbonyl (C=O) groups excluding carboxylic acids is 1. The molecule has 134 valence electrons. The highest BCUT2D eigenvalue weighted by molar-refractivity contribution is 6.30. The molecule has 3 rings (SSSR count). The van der Waals surface area contributed by atoms with Crippen molar-refractivity contribution in [2.24, 2.45) is 0 Å². The minimum atomic E-state index is -0.435. The van der Waals surface area contributed by atoms with Gasteiger partial charge in [-0.25, -0.2) is 0 Å². The van der Waals surface area contributed by atoms with Crippen LogP contribution in [0.15, 0.2) is 54.6 Å². The quantitative estimate of drug-likeness (QED) is 0.837. The van der Waals surface area contributed by atoms with Gasteiger partial charge in [0.25, 0.3) is 5.91 Å². The molecule has 1 fully saturated rings. The van der Waals surface area contributed by atoms with Gasteiger partial charge in [0.2, 0.25) is 0 Å². The molecule has 1 heterocycles. The first-order valence-corrected chi connectivity index (χ1v) is 8.52. The molecule has 0 aromatic heterocycles. The molecule has 2 unspecified atom stereocenters. The van der Waals surface area contributed by atoms with E-state index in [1.807, 2.05) is 54.6 Å². The van der Waals surface area contributed by atoms with Crippen LogP contribution in [0.25, 0.3) is 0 Å². The van der Waals surface area contributed by atoms with E-state index in [1.165, 1.54) is 0 Å². The number of nitrogens with one attached hydrogen (secondary N) is 2. The van der Waals surface area contributed by atoms with Crippen LogP contribution in [0.1, 0.15) is 17.2 Å². The summed E-state index contributed by atoms with van der Waals surface area (Å²) in [6.45, 7) is 1.90. The first-order valence-electron chi connectivity index (χ1n) is 8.14. The maximum absolute atomic E-state index is 12.5. The summed E-state index contributed by atoms with van der Waals surface area (Å²) in [5.74, 6) is -0.0787. The predicted molar refractivity (Wildman–Crippen MR) is 102 cm³/mol. The van der Waals surface area contributed by atoms with Gasteiger partial charge in [0, 0.05) is 18.1 Å². The second kappa shape index (κ2) is 9.78. The van der Waals surface area contributed by atoms with E-state index < -0.39 is 6.10 Å². The number of hydrogen-bond donors (Lipinski definition) is 2.